The summed E-state index contributed by atoms with van der Waals surface area (Å²) in [5.74, 6) is 0. The quantitative estimate of drug-likeness (QED) is 0.874. The van der Waals surface area contributed by atoms with Gasteiger partial charge in [-0.3, -0.25) is 0 Å². The van der Waals surface area contributed by atoms with Crippen LogP contribution in [0.3, 0.4) is 0 Å². The second-order valence-electron chi connectivity index (χ2n) is 4.56. The minimum absolute atomic E-state index is 0.118. The van der Waals surface area contributed by atoms with E-state index >= 15 is 0 Å². The summed E-state index contributed by atoms with van der Waals surface area (Å²) in [5.41, 5.74) is 7.29. The third-order valence-corrected chi connectivity index (χ3v) is 4.48. The molecule has 1 heterocycles. The van der Waals surface area contributed by atoms with Crippen molar-refractivity contribution in [1.29, 1.82) is 0 Å². The van der Waals surface area contributed by atoms with E-state index in [0.717, 1.165) is 17.7 Å². The minimum Gasteiger partial charge on any atom is -0.323 e. The maximum Gasteiger partial charge on any atom is 0.389 e. The fraction of sp³-hybridized carbons (Fsp3) is 0.667. The van der Waals surface area contributed by atoms with Crippen molar-refractivity contribution in [1.82, 2.24) is 0 Å². The van der Waals surface area contributed by atoms with E-state index in [2.05, 4.69) is 6.07 Å². The second-order valence-corrected chi connectivity index (χ2v) is 5.73. The van der Waals surface area contributed by atoms with Gasteiger partial charge in [-0.1, -0.05) is 0 Å². The Morgan fingerprint density at radius 1 is 1.35 bits per heavy atom. The number of alkyl halides is 3. The van der Waals surface area contributed by atoms with Crippen LogP contribution < -0.4 is 5.73 Å². The first-order valence-electron chi connectivity index (χ1n) is 5.89. The molecule has 0 aromatic carbocycles. The molecule has 1 aliphatic rings. The second kappa shape index (κ2) is 4.98. The Bertz CT molecular complexity index is 362. The summed E-state index contributed by atoms with van der Waals surface area (Å²) in [6, 6.07) is 1.86. The van der Waals surface area contributed by atoms with E-state index < -0.39 is 12.6 Å². The number of hydrogen-bond donors (Lipinski definition) is 1. The van der Waals surface area contributed by atoms with Gasteiger partial charge in [0.25, 0.3) is 0 Å². The normalized spacial score (nSPS) is 17.2. The molecule has 1 aromatic heterocycles. The number of nitrogens with two attached hydrogens (primary N) is 1. The molecule has 1 nitrogen and oxygen atoms in total. The first-order valence-corrected chi connectivity index (χ1v) is 6.71. The Morgan fingerprint density at radius 2 is 2.12 bits per heavy atom. The number of hydrogen-bond acceptors (Lipinski definition) is 2. The molecule has 17 heavy (non-hydrogen) atoms. The molecule has 0 amide bonds. The zero-order valence-electron chi connectivity index (χ0n) is 9.52. The number of fused-ring (bicyclic) bond motifs is 1. The highest BCUT2D eigenvalue weighted by atomic mass is 32.1. The van der Waals surface area contributed by atoms with Crippen LogP contribution in [0.25, 0.3) is 0 Å². The van der Waals surface area contributed by atoms with Crippen LogP contribution in [0.4, 0.5) is 13.2 Å². The zero-order chi connectivity index (χ0) is 12.5. The fourth-order valence-electron chi connectivity index (χ4n) is 2.20. The van der Waals surface area contributed by atoms with E-state index in [9.17, 15) is 13.2 Å². The number of aryl methyl sites for hydroxylation is 2. The highest BCUT2D eigenvalue weighted by Crippen LogP contribution is 2.35. The largest absolute Gasteiger partial charge is 0.389 e. The summed E-state index contributed by atoms with van der Waals surface area (Å²) >= 11 is 1.68. The summed E-state index contributed by atoms with van der Waals surface area (Å²) in [6.45, 7) is 0. The molecule has 0 fully saturated rings. The smallest absolute Gasteiger partial charge is 0.323 e. The van der Waals surface area contributed by atoms with Gasteiger partial charge in [0.15, 0.2) is 0 Å². The maximum atomic E-state index is 12.0. The van der Waals surface area contributed by atoms with Gasteiger partial charge >= 0.3 is 6.18 Å². The average molecular weight is 263 g/mol. The molecule has 1 atom stereocenters. The molecule has 0 aliphatic heterocycles. The van der Waals surface area contributed by atoms with Gasteiger partial charge < -0.3 is 5.73 Å². The van der Waals surface area contributed by atoms with Gasteiger partial charge in [-0.05, 0) is 43.7 Å². The fourth-order valence-corrected chi connectivity index (χ4v) is 3.49. The number of rotatable bonds is 4. The van der Waals surface area contributed by atoms with Crippen molar-refractivity contribution in [2.45, 2.75) is 50.7 Å². The Kier molecular flexibility index (Phi) is 3.78. The maximum absolute atomic E-state index is 12.0. The number of halogens is 3. The van der Waals surface area contributed by atoms with Crippen LogP contribution in [0.2, 0.25) is 0 Å². The van der Waals surface area contributed by atoms with Crippen molar-refractivity contribution in [3.05, 3.63) is 21.4 Å². The lowest BCUT2D eigenvalue weighted by Crippen LogP contribution is -2.12. The molecule has 2 N–H and O–H groups in total. The van der Waals surface area contributed by atoms with Crippen LogP contribution in [-0.4, -0.2) is 6.18 Å². The summed E-state index contributed by atoms with van der Waals surface area (Å²) in [7, 11) is 0. The van der Waals surface area contributed by atoms with E-state index in [1.54, 1.807) is 11.3 Å². The third kappa shape index (κ3) is 3.45. The van der Waals surface area contributed by atoms with Crippen LogP contribution >= 0.6 is 11.3 Å². The predicted octanol–water partition coefficient (Wildman–Crippen LogP) is 3.97. The topological polar surface area (TPSA) is 26.0 Å². The summed E-state index contributed by atoms with van der Waals surface area (Å²) in [6.07, 6.45) is -0.851. The third-order valence-electron chi connectivity index (χ3n) is 3.11. The minimum atomic E-state index is -4.06. The summed E-state index contributed by atoms with van der Waals surface area (Å²) in [5, 5.41) is 0. The molecule has 0 saturated heterocycles. The Hall–Kier alpha value is -0.550. The standard InChI is InChI=1S/C12H16F3NS/c13-12(14,15)6-2-4-9(16)11-7-8-3-1-5-10(8)17-11/h7,9H,1-6,16H2. The van der Waals surface area contributed by atoms with E-state index in [1.165, 1.54) is 16.9 Å². The van der Waals surface area contributed by atoms with Crippen LogP contribution in [0, 0.1) is 0 Å². The predicted molar refractivity (Wildman–Crippen MR) is 63.2 cm³/mol. The van der Waals surface area contributed by atoms with Gasteiger partial charge in [-0.15, -0.1) is 11.3 Å². The van der Waals surface area contributed by atoms with Gasteiger partial charge in [-0.2, -0.15) is 13.2 Å². The average Bonchev–Trinajstić information content (AvgIpc) is 2.73. The summed E-state index contributed by atoms with van der Waals surface area (Å²) in [4.78, 5) is 2.43. The highest BCUT2D eigenvalue weighted by Gasteiger charge is 2.27. The molecule has 2 rings (SSSR count). The Balaban J connectivity index is 1.85. The lowest BCUT2D eigenvalue weighted by Gasteiger charge is -2.10. The van der Waals surface area contributed by atoms with E-state index in [4.69, 9.17) is 5.73 Å². The van der Waals surface area contributed by atoms with Crippen molar-refractivity contribution in [2.24, 2.45) is 5.73 Å². The first kappa shape index (κ1) is 12.9. The molecular weight excluding hydrogens is 247 g/mol. The molecular formula is C12H16F3NS. The molecule has 0 bridgehead atoms. The molecule has 1 unspecified atom stereocenters. The molecule has 1 aliphatic carbocycles. The van der Waals surface area contributed by atoms with Crippen molar-refractivity contribution in [3.8, 4) is 0 Å². The van der Waals surface area contributed by atoms with Crippen LogP contribution in [0.1, 0.15) is 47.0 Å². The van der Waals surface area contributed by atoms with E-state index in [0.29, 0.717) is 6.42 Å². The van der Waals surface area contributed by atoms with Crippen LogP contribution in [-0.2, 0) is 12.8 Å². The lowest BCUT2D eigenvalue weighted by atomic mass is 10.1. The van der Waals surface area contributed by atoms with Crippen molar-refractivity contribution < 1.29 is 13.2 Å². The molecule has 0 radical (unpaired) electrons. The van der Waals surface area contributed by atoms with Crippen molar-refractivity contribution >= 4 is 11.3 Å². The monoisotopic (exact) mass is 263 g/mol. The highest BCUT2D eigenvalue weighted by molar-refractivity contribution is 7.12. The van der Waals surface area contributed by atoms with Gasteiger partial charge in [0, 0.05) is 22.2 Å². The van der Waals surface area contributed by atoms with Crippen molar-refractivity contribution in [2.75, 3.05) is 0 Å². The van der Waals surface area contributed by atoms with E-state index in [1.807, 2.05) is 0 Å². The lowest BCUT2D eigenvalue weighted by molar-refractivity contribution is -0.135. The Labute approximate surface area is 103 Å². The van der Waals surface area contributed by atoms with E-state index in [-0.39, 0.29) is 12.5 Å². The SMILES string of the molecule is NC(CCCC(F)(F)F)c1cc2c(s1)CCC2. The Morgan fingerprint density at radius 3 is 2.76 bits per heavy atom. The molecule has 0 saturated carbocycles. The molecule has 96 valence electrons. The van der Waals surface area contributed by atoms with Gasteiger partial charge in [0.1, 0.15) is 0 Å². The van der Waals surface area contributed by atoms with Crippen LogP contribution in [0.15, 0.2) is 6.07 Å². The molecule has 5 heteroatoms. The summed E-state index contributed by atoms with van der Waals surface area (Å²) < 4.78 is 36.0. The first-order chi connectivity index (χ1) is 7.96. The number of thiophene rings is 1. The molecule has 0 spiro atoms. The van der Waals surface area contributed by atoms with Gasteiger partial charge in [0.05, 0.1) is 0 Å². The molecule has 1 aromatic rings. The zero-order valence-corrected chi connectivity index (χ0v) is 10.3. The van der Waals surface area contributed by atoms with Crippen molar-refractivity contribution in [3.63, 3.8) is 0 Å². The van der Waals surface area contributed by atoms with Gasteiger partial charge in [-0.25, -0.2) is 0 Å². The van der Waals surface area contributed by atoms with Gasteiger partial charge in [0.2, 0.25) is 0 Å². The van der Waals surface area contributed by atoms with Crippen LogP contribution in [0.5, 0.6) is 0 Å².